The standard InChI is InChI=1S/C16H26N2O2S8/c1-21-11-13(23-9-7-19-5-3-17)27-15(25-11)16-26-12(22-2)14(28-16)24-10-8-20-6-4-18/h3-10,17-18H2,1-2H3/b16-15-. The van der Waals surface area contributed by atoms with Gasteiger partial charge in [0.2, 0.25) is 0 Å². The Balaban J connectivity index is 1.87. The predicted octanol–water partition coefficient (Wildman–Crippen LogP) is 5.47. The molecule has 2 rings (SSSR count). The minimum atomic E-state index is 0.586. The lowest BCUT2D eigenvalue weighted by Crippen LogP contribution is -2.09. The van der Waals surface area contributed by atoms with Crippen molar-refractivity contribution in [3.63, 3.8) is 0 Å². The summed E-state index contributed by atoms with van der Waals surface area (Å²) >= 11 is 15.1. The highest BCUT2D eigenvalue weighted by atomic mass is 32.3. The molecular formula is C16H26N2O2S8. The van der Waals surface area contributed by atoms with Crippen LogP contribution in [-0.4, -0.2) is 63.5 Å². The van der Waals surface area contributed by atoms with Gasteiger partial charge in [-0.15, -0.1) is 47.0 Å². The first-order valence-corrected chi connectivity index (χ1v) is 16.3. The van der Waals surface area contributed by atoms with Crippen LogP contribution in [0, 0.1) is 0 Å². The molecule has 4 N–H and O–H groups in total. The molecule has 2 aliphatic heterocycles. The van der Waals surface area contributed by atoms with E-state index in [0.717, 1.165) is 24.7 Å². The van der Waals surface area contributed by atoms with E-state index in [1.807, 2.05) is 94.1 Å². The fourth-order valence-corrected chi connectivity index (χ4v) is 12.9. The number of hydrogen-bond donors (Lipinski definition) is 2. The fourth-order valence-electron chi connectivity index (χ4n) is 1.90. The van der Waals surface area contributed by atoms with E-state index in [9.17, 15) is 0 Å². The predicted molar refractivity (Wildman–Crippen MR) is 143 cm³/mol. The van der Waals surface area contributed by atoms with Crippen LogP contribution >= 0.6 is 94.1 Å². The summed E-state index contributed by atoms with van der Waals surface area (Å²) in [5.74, 6) is 1.93. The average molecular weight is 535 g/mol. The van der Waals surface area contributed by atoms with Crippen LogP contribution in [0.5, 0.6) is 0 Å². The average Bonchev–Trinajstić information content (AvgIpc) is 3.31. The molecule has 4 nitrogen and oxygen atoms in total. The highest BCUT2D eigenvalue weighted by Crippen LogP contribution is 2.65. The van der Waals surface area contributed by atoms with Gasteiger partial charge in [-0.25, -0.2) is 0 Å². The second-order valence-electron chi connectivity index (χ2n) is 5.04. The molecule has 0 bridgehead atoms. The van der Waals surface area contributed by atoms with E-state index < -0.39 is 0 Å². The van der Waals surface area contributed by atoms with E-state index in [0.29, 0.717) is 26.3 Å². The van der Waals surface area contributed by atoms with Crippen molar-refractivity contribution in [2.75, 3.05) is 63.5 Å². The van der Waals surface area contributed by atoms with Crippen molar-refractivity contribution in [2.45, 2.75) is 0 Å². The van der Waals surface area contributed by atoms with Gasteiger partial charge in [0, 0.05) is 24.6 Å². The second-order valence-corrected chi connectivity index (χ2v) is 14.5. The lowest BCUT2D eigenvalue weighted by molar-refractivity contribution is 0.158. The third kappa shape index (κ3) is 8.78. The molecule has 0 radical (unpaired) electrons. The van der Waals surface area contributed by atoms with Crippen LogP contribution in [0.15, 0.2) is 25.4 Å². The van der Waals surface area contributed by atoms with Gasteiger partial charge >= 0.3 is 0 Å². The lowest BCUT2D eigenvalue weighted by atomic mass is 10.7. The molecular weight excluding hydrogens is 509 g/mol. The number of nitrogens with two attached hydrogens (primary N) is 2. The summed E-state index contributed by atoms with van der Waals surface area (Å²) in [6.45, 7) is 3.95. The van der Waals surface area contributed by atoms with E-state index >= 15 is 0 Å². The Morgan fingerprint density at radius 1 is 0.643 bits per heavy atom. The number of thioether (sulfide) groups is 8. The molecule has 0 aromatic heterocycles. The topological polar surface area (TPSA) is 70.5 Å². The first kappa shape index (κ1) is 26.1. The maximum absolute atomic E-state index is 5.50. The Bertz CT molecular complexity index is 547. The minimum absolute atomic E-state index is 0.586. The monoisotopic (exact) mass is 534 g/mol. The van der Waals surface area contributed by atoms with E-state index in [-0.39, 0.29) is 0 Å². The van der Waals surface area contributed by atoms with Crippen LogP contribution in [-0.2, 0) is 9.47 Å². The normalized spacial score (nSPS) is 20.1. The van der Waals surface area contributed by atoms with E-state index in [2.05, 4.69) is 12.5 Å². The Labute approximate surface area is 202 Å². The molecule has 0 saturated carbocycles. The molecule has 2 heterocycles. The lowest BCUT2D eigenvalue weighted by Gasteiger charge is -2.05. The van der Waals surface area contributed by atoms with Crippen molar-refractivity contribution >= 4 is 94.1 Å². The summed E-state index contributed by atoms with van der Waals surface area (Å²) in [6, 6.07) is 0. The zero-order chi connectivity index (χ0) is 20.2. The summed E-state index contributed by atoms with van der Waals surface area (Å²) in [5.41, 5.74) is 10.9. The van der Waals surface area contributed by atoms with Gasteiger partial charge in [-0.3, -0.25) is 0 Å². The van der Waals surface area contributed by atoms with Crippen LogP contribution in [0.25, 0.3) is 0 Å². The quantitative estimate of drug-likeness (QED) is 0.278. The van der Waals surface area contributed by atoms with Crippen molar-refractivity contribution in [2.24, 2.45) is 11.5 Å². The molecule has 28 heavy (non-hydrogen) atoms. The minimum Gasteiger partial charge on any atom is -0.379 e. The van der Waals surface area contributed by atoms with Crippen molar-refractivity contribution in [1.29, 1.82) is 0 Å². The van der Waals surface area contributed by atoms with Crippen LogP contribution in [0.3, 0.4) is 0 Å². The van der Waals surface area contributed by atoms with E-state index in [1.54, 1.807) is 0 Å². The van der Waals surface area contributed by atoms with Crippen LogP contribution in [0.4, 0.5) is 0 Å². The van der Waals surface area contributed by atoms with E-state index in [1.165, 1.54) is 25.4 Å². The van der Waals surface area contributed by atoms with Gasteiger partial charge in [0.15, 0.2) is 0 Å². The molecule has 0 fully saturated rings. The van der Waals surface area contributed by atoms with Gasteiger partial charge in [0.1, 0.15) is 0 Å². The molecule has 0 atom stereocenters. The summed E-state index contributed by atoms with van der Waals surface area (Å²) in [4.78, 5) is 0. The summed E-state index contributed by atoms with van der Waals surface area (Å²) in [7, 11) is 0. The molecule has 0 spiro atoms. The van der Waals surface area contributed by atoms with Gasteiger partial charge in [-0.1, -0.05) is 47.0 Å². The molecule has 2 aliphatic rings. The molecule has 0 unspecified atom stereocenters. The van der Waals surface area contributed by atoms with Crippen molar-refractivity contribution < 1.29 is 9.47 Å². The van der Waals surface area contributed by atoms with E-state index in [4.69, 9.17) is 20.9 Å². The largest absolute Gasteiger partial charge is 0.379 e. The maximum atomic E-state index is 5.50. The number of hydrogen-bond acceptors (Lipinski definition) is 12. The van der Waals surface area contributed by atoms with Crippen LogP contribution < -0.4 is 11.5 Å². The Hall–Kier alpha value is 1.86. The first-order valence-electron chi connectivity index (χ1n) is 8.56. The van der Waals surface area contributed by atoms with Gasteiger partial charge < -0.3 is 20.9 Å². The van der Waals surface area contributed by atoms with Crippen LogP contribution in [0.2, 0.25) is 0 Å². The smallest absolute Gasteiger partial charge is 0.0717 e. The van der Waals surface area contributed by atoms with Crippen molar-refractivity contribution in [3.8, 4) is 0 Å². The Kier molecular flexibility index (Phi) is 14.6. The highest BCUT2D eigenvalue weighted by Gasteiger charge is 2.30. The first-order chi connectivity index (χ1) is 13.7. The Morgan fingerprint density at radius 3 is 1.39 bits per heavy atom. The second kappa shape index (κ2) is 15.6. The zero-order valence-corrected chi connectivity index (χ0v) is 22.4. The van der Waals surface area contributed by atoms with Gasteiger partial charge in [0.05, 0.1) is 51.9 Å². The molecule has 0 amide bonds. The Morgan fingerprint density at radius 2 is 1.04 bits per heavy atom. The molecule has 0 aromatic rings. The van der Waals surface area contributed by atoms with Gasteiger partial charge in [-0.05, 0) is 12.5 Å². The third-order valence-electron chi connectivity index (χ3n) is 3.06. The summed E-state index contributed by atoms with van der Waals surface area (Å²) < 4.78 is 19.4. The van der Waals surface area contributed by atoms with Gasteiger partial charge in [0.25, 0.3) is 0 Å². The van der Waals surface area contributed by atoms with Crippen molar-refractivity contribution in [3.05, 3.63) is 25.4 Å². The number of ether oxygens (including phenoxy) is 2. The molecule has 0 aliphatic carbocycles. The summed E-state index contributed by atoms with van der Waals surface area (Å²) in [5, 5.41) is 0. The maximum Gasteiger partial charge on any atom is 0.0717 e. The van der Waals surface area contributed by atoms with Crippen molar-refractivity contribution in [1.82, 2.24) is 0 Å². The fraction of sp³-hybridized carbons (Fsp3) is 0.625. The molecule has 160 valence electrons. The SMILES string of the molecule is CSC1=C(SCCOCCN)S/C(=C2/SC(SC)=C(SCCOCCN)S2)S1. The molecule has 12 heteroatoms. The number of rotatable bonds is 14. The zero-order valence-electron chi connectivity index (χ0n) is 15.9. The highest BCUT2D eigenvalue weighted by molar-refractivity contribution is 8.45. The molecule has 0 aromatic carbocycles. The third-order valence-corrected chi connectivity index (χ3v) is 14.3. The summed E-state index contributed by atoms with van der Waals surface area (Å²) in [6.07, 6.45) is 4.32. The van der Waals surface area contributed by atoms with Crippen LogP contribution in [0.1, 0.15) is 0 Å². The molecule has 0 saturated heterocycles. The van der Waals surface area contributed by atoms with Gasteiger partial charge in [-0.2, -0.15) is 0 Å².